The first-order valence-electron chi connectivity index (χ1n) is 14.7. The fraction of sp³-hybridized carbons (Fsp3) is 0.0750. The fourth-order valence-corrected chi connectivity index (χ4v) is 6.38. The summed E-state index contributed by atoms with van der Waals surface area (Å²) >= 11 is 0. The second-order valence-corrected chi connectivity index (χ2v) is 11.8. The Morgan fingerprint density at radius 3 is 2.11 bits per heavy atom. The van der Waals surface area contributed by atoms with Crippen molar-refractivity contribution in [2.75, 3.05) is 0 Å². The van der Waals surface area contributed by atoms with Crippen LogP contribution in [0.5, 0.6) is 11.5 Å². The van der Waals surface area contributed by atoms with Crippen LogP contribution in [0.3, 0.4) is 0 Å². The lowest BCUT2D eigenvalue weighted by atomic mass is 9.74. The van der Waals surface area contributed by atoms with Crippen molar-refractivity contribution in [3.8, 4) is 51.5 Å². The number of rotatable bonds is 3. The number of fused-ring (bicyclic) bond motifs is 5. The number of nitriles is 1. The molecule has 208 valence electrons. The maximum Gasteiger partial charge on any atom is 0.160 e. The molecule has 1 aromatic heterocycles. The van der Waals surface area contributed by atoms with Gasteiger partial charge in [-0.1, -0.05) is 105 Å². The third kappa shape index (κ3) is 4.13. The molecule has 7 aromatic rings. The number of benzene rings is 6. The summed E-state index contributed by atoms with van der Waals surface area (Å²) in [7, 11) is 0. The summed E-state index contributed by atoms with van der Waals surface area (Å²) < 4.78 is 6.33. The van der Waals surface area contributed by atoms with Crippen LogP contribution in [0.1, 0.15) is 30.5 Å². The molecule has 0 bridgehead atoms. The quantitative estimate of drug-likeness (QED) is 0.200. The number of ether oxygens (including phenoxy) is 1. The van der Waals surface area contributed by atoms with Crippen LogP contribution in [-0.2, 0) is 5.41 Å². The van der Waals surface area contributed by atoms with E-state index < -0.39 is 0 Å². The van der Waals surface area contributed by atoms with Crippen LogP contribution in [0.25, 0.3) is 55.4 Å². The normalized spacial score (nSPS) is 13.1. The van der Waals surface area contributed by atoms with Crippen LogP contribution < -0.4 is 4.74 Å². The number of nitrogens with zero attached hydrogens (tertiary/aromatic N) is 3. The highest BCUT2D eigenvalue weighted by Gasteiger charge is 2.35. The smallest absolute Gasteiger partial charge is 0.160 e. The maximum atomic E-state index is 9.71. The zero-order chi connectivity index (χ0) is 29.8. The van der Waals surface area contributed by atoms with Gasteiger partial charge in [-0.3, -0.25) is 0 Å². The Bertz CT molecular complexity index is 2300. The molecule has 0 atom stereocenters. The molecule has 0 saturated carbocycles. The molecule has 1 aliphatic rings. The molecule has 4 heteroatoms. The molecule has 2 heterocycles. The molecule has 4 nitrogen and oxygen atoms in total. The zero-order valence-electron chi connectivity index (χ0n) is 24.4. The molecule has 44 heavy (non-hydrogen) atoms. The van der Waals surface area contributed by atoms with Gasteiger partial charge in [-0.05, 0) is 57.9 Å². The maximum absolute atomic E-state index is 9.71. The van der Waals surface area contributed by atoms with Crippen molar-refractivity contribution in [3.63, 3.8) is 0 Å². The van der Waals surface area contributed by atoms with E-state index in [4.69, 9.17) is 14.7 Å². The summed E-state index contributed by atoms with van der Waals surface area (Å²) in [5.74, 6) is 2.07. The monoisotopic (exact) mass is 565 g/mol. The van der Waals surface area contributed by atoms with E-state index in [1.54, 1.807) is 6.07 Å². The van der Waals surface area contributed by atoms with E-state index >= 15 is 0 Å². The highest BCUT2D eigenvalue weighted by atomic mass is 16.5. The number of hydrogen-bond acceptors (Lipinski definition) is 4. The molecule has 0 amide bonds. The highest BCUT2D eigenvalue weighted by Crippen LogP contribution is 2.50. The van der Waals surface area contributed by atoms with Crippen LogP contribution in [-0.4, -0.2) is 9.97 Å². The van der Waals surface area contributed by atoms with Crippen molar-refractivity contribution >= 4 is 21.5 Å². The van der Waals surface area contributed by atoms with Crippen molar-refractivity contribution in [1.29, 1.82) is 5.26 Å². The third-order valence-electron chi connectivity index (χ3n) is 8.77. The van der Waals surface area contributed by atoms with Gasteiger partial charge >= 0.3 is 0 Å². The SMILES string of the molecule is CC1(C)c2cc(-c3cc(-c4ccc5c(ccc6ccccc65)c4)nc(-c4ccccc4)n3)ccc2Oc2c(C#N)cccc21. The molecule has 0 unspecified atom stereocenters. The molecule has 0 aliphatic carbocycles. The molecule has 1 aliphatic heterocycles. The van der Waals surface area contributed by atoms with Crippen molar-refractivity contribution in [2.24, 2.45) is 0 Å². The summed E-state index contributed by atoms with van der Waals surface area (Å²) in [5, 5.41) is 14.6. The third-order valence-corrected chi connectivity index (χ3v) is 8.77. The largest absolute Gasteiger partial charge is 0.455 e. The topological polar surface area (TPSA) is 58.8 Å². The van der Waals surface area contributed by atoms with E-state index in [2.05, 4.69) is 86.6 Å². The Kier molecular flexibility index (Phi) is 5.82. The molecule has 0 fully saturated rings. The predicted molar refractivity (Wildman–Crippen MR) is 177 cm³/mol. The lowest BCUT2D eigenvalue weighted by molar-refractivity contribution is 0.417. The standard InChI is InChI=1S/C40H27N3O/c1-40(2)33-14-8-12-30(24-41)38(33)44-37-20-18-29(22-34(37)40)36-23-35(42-39(43-36)26-10-4-3-5-11-26)28-17-19-32-27(21-28)16-15-25-9-6-7-13-31(25)32/h3-23H,1-2H3. The van der Waals surface area contributed by atoms with E-state index in [-0.39, 0.29) is 5.41 Å². The Balaban J connectivity index is 1.29. The Labute approximate surface area is 255 Å². The van der Waals surface area contributed by atoms with Crippen LogP contribution in [0.2, 0.25) is 0 Å². The van der Waals surface area contributed by atoms with Crippen molar-refractivity contribution in [2.45, 2.75) is 19.3 Å². The van der Waals surface area contributed by atoms with Gasteiger partial charge in [-0.25, -0.2) is 9.97 Å². The van der Waals surface area contributed by atoms with Crippen molar-refractivity contribution in [3.05, 3.63) is 144 Å². The van der Waals surface area contributed by atoms with E-state index in [0.717, 1.165) is 45.0 Å². The van der Waals surface area contributed by atoms with Gasteiger partial charge in [0.1, 0.15) is 17.6 Å². The van der Waals surface area contributed by atoms with Gasteiger partial charge in [0.05, 0.1) is 17.0 Å². The average molecular weight is 566 g/mol. The lowest BCUT2D eigenvalue weighted by Gasteiger charge is -2.35. The Morgan fingerprint density at radius 1 is 0.591 bits per heavy atom. The Morgan fingerprint density at radius 2 is 1.30 bits per heavy atom. The second kappa shape index (κ2) is 9.90. The first-order valence-corrected chi connectivity index (χ1v) is 14.7. The van der Waals surface area contributed by atoms with E-state index in [0.29, 0.717) is 17.1 Å². The molecule has 6 aromatic carbocycles. The van der Waals surface area contributed by atoms with Gasteiger partial charge in [0.2, 0.25) is 0 Å². The minimum atomic E-state index is -0.370. The Hall–Kier alpha value is -5.79. The number of para-hydroxylation sites is 1. The molecule has 8 rings (SSSR count). The number of aromatic nitrogens is 2. The minimum absolute atomic E-state index is 0.370. The van der Waals surface area contributed by atoms with Crippen molar-refractivity contribution in [1.82, 2.24) is 9.97 Å². The summed E-state index contributed by atoms with van der Waals surface area (Å²) in [6.45, 7) is 4.36. The van der Waals surface area contributed by atoms with Crippen LogP contribution in [0, 0.1) is 11.3 Å². The van der Waals surface area contributed by atoms with E-state index in [1.165, 1.54) is 21.5 Å². The first kappa shape index (κ1) is 25.9. The van der Waals surface area contributed by atoms with Crippen LogP contribution in [0.15, 0.2) is 127 Å². The van der Waals surface area contributed by atoms with E-state index in [1.807, 2.05) is 54.6 Å². The minimum Gasteiger partial charge on any atom is -0.455 e. The molecule has 0 N–H and O–H groups in total. The van der Waals surface area contributed by atoms with Gasteiger partial charge < -0.3 is 4.74 Å². The predicted octanol–water partition coefficient (Wildman–Crippen LogP) is 10.1. The van der Waals surface area contributed by atoms with Gasteiger partial charge in [-0.2, -0.15) is 5.26 Å². The van der Waals surface area contributed by atoms with Crippen LogP contribution in [0.4, 0.5) is 0 Å². The summed E-state index contributed by atoms with van der Waals surface area (Å²) in [4.78, 5) is 10.1. The van der Waals surface area contributed by atoms with Crippen molar-refractivity contribution < 1.29 is 4.74 Å². The fourth-order valence-electron chi connectivity index (χ4n) is 6.38. The lowest BCUT2D eigenvalue weighted by Crippen LogP contribution is -2.24. The summed E-state index contributed by atoms with van der Waals surface area (Å²) in [6, 6.07) is 45.9. The summed E-state index contributed by atoms with van der Waals surface area (Å²) in [5.41, 5.74) is 6.90. The first-order chi connectivity index (χ1) is 21.5. The highest BCUT2D eigenvalue weighted by molar-refractivity contribution is 6.08. The van der Waals surface area contributed by atoms with Gasteiger partial charge in [0, 0.05) is 33.2 Å². The number of hydrogen-bond donors (Lipinski definition) is 0. The van der Waals surface area contributed by atoms with Gasteiger partial charge in [0.25, 0.3) is 0 Å². The van der Waals surface area contributed by atoms with Gasteiger partial charge in [0.15, 0.2) is 5.82 Å². The van der Waals surface area contributed by atoms with Crippen LogP contribution >= 0.6 is 0 Å². The second-order valence-electron chi connectivity index (χ2n) is 11.8. The average Bonchev–Trinajstić information content (AvgIpc) is 3.08. The zero-order valence-corrected chi connectivity index (χ0v) is 24.4. The summed E-state index contributed by atoms with van der Waals surface area (Å²) in [6.07, 6.45) is 0. The van der Waals surface area contributed by atoms with Gasteiger partial charge in [-0.15, -0.1) is 0 Å². The molecule has 0 spiro atoms. The van der Waals surface area contributed by atoms with E-state index in [9.17, 15) is 5.26 Å². The molecular weight excluding hydrogens is 538 g/mol. The molecule has 0 saturated heterocycles. The molecular formula is C40H27N3O. The molecule has 0 radical (unpaired) electrons.